The Bertz CT molecular complexity index is 532. The summed E-state index contributed by atoms with van der Waals surface area (Å²) in [5.74, 6) is -0.658. The third-order valence-corrected chi connectivity index (χ3v) is 5.47. The monoisotopic (exact) mass is 378 g/mol. The summed E-state index contributed by atoms with van der Waals surface area (Å²) in [7, 11) is 2.29. The zero-order valence-electron chi connectivity index (χ0n) is 16.6. The fraction of sp³-hybridized carbons (Fsp3) is 0.650. The van der Waals surface area contributed by atoms with Gasteiger partial charge in [-0.1, -0.05) is 43.5 Å². The molecule has 6 nitrogen and oxygen atoms in total. The van der Waals surface area contributed by atoms with Crippen LogP contribution in [0.1, 0.15) is 43.2 Å². The van der Waals surface area contributed by atoms with E-state index >= 15 is 0 Å². The summed E-state index contributed by atoms with van der Waals surface area (Å²) in [6.07, 6.45) is 6.99. The van der Waals surface area contributed by atoms with Crippen LogP contribution in [0.15, 0.2) is 24.3 Å². The SMILES string of the molecule is CN.CNC1Cc2ccccc2C1.O=C(O)C1CCCC1CCCB(O)O. The lowest BCUT2D eigenvalue weighted by Crippen LogP contribution is -2.24. The van der Waals surface area contributed by atoms with E-state index in [9.17, 15) is 4.79 Å². The van der Waals surface area contributed by atoms with Gasteiger partial charge in [0, 0.05) is 6.04 Å². The molecule has 3 rings (SSSR count). The molecule has 6 N–H and O–H groups in total. The number of benzene rings is 1. The van der Waals surface area contributed by atoms with Gasteiger partial charge in [-0.15, -0.1) is 0 Å². The molecule has 0 aromatic heterocycles. The van der Waals surface area contributed by atoms with Gasteiger partial charge in [0.25, 0.3) is 0 Å². The molecule has 0 spiro atoms. The first-order chi connectivity index (χ1) is 13.0. The normalized spacial score (nSPS) is 20.8. The van der Waals surface area contributed by atoms with Gasteiger partial charge >= 0.3 is 13.1 Å². The quantitative estimate of drug-likeness (QED) is 0.481. The summed E-state index contributed by atoms with van der Waals surface area (Å²) in [6, 6.07) is 9.38. The minimum atomic E-state index is -1.25. The van der Waals surface area contributed by atoms with E-state index < -0.39 is 13.1 Å². The van der Waals surface area contributed by atoms with Crippen LogP contribution in [-0.2, 0) is 17.6 Å². The number of carbonyl (C=O) groups is 1. The molecule has 2 aliphatic rings. The maximum Gasteiger partial charge on any atom is 0.451 e. The van der Waals surface area contributed by atoms with E-state index in [1.165, 1.54) is 31.0 Å². The van der Waals surface area contributed by atoms with Gasteiger partial charge < -0.3 is 26.2 Å². The molecule has 0 radical (unpaired) electrons. The van der Waals surface area contributed by atoms with Crippen molar-refractivity contribution in [3.63, 3.8) is 0 Å². The van der Waals surface area contributed by atoms with E-state index in [2.05, 4.69) is 35.3 Å². The number of nitrogens with two attached hydrogens (primary N) is 1. The van der Waals surface area contributed by atoms with Crippen molar-refractivity contribution in [2.24, 2.45) is 17.6 Å². The highest BCUT2D eigenvalue weighted by Gasteiger charge is 2.32. The standard InChI is InChI=1S/C10H13N.C9H17BO4.CH5N/c1-11-10-6-8-4-2-3-5-9(8)7-10;11-9(12)8-5-1-3-7(8)4-2-6-10(13)14;1-2/h2-5,10-11H,6-7H2,1H3;7-8,13-14H,1-6H2,(H,11,12);2H2,1H3. The lowest BCUT2D eigenvalue weighted by Gasteiger charge is -2.14. The lowest BCUT2D eigenvalue weighted by atomic mass is 9.80. The number of nitrogens with one attached hydrogen (secondary N) is 1. The predicted molar refractivity (Wildman–Crippen MR) is 110 cm³/mol. The summed E-state index contributed by atoms with van der Waals surface area (Å²) in [5.41, 5.74) is 7.54. The molecule has 0 bridgehead atoms. The van der Waals surface area contributed by atoms with Crippen LogP contribution in [0.2, 0.25) is 6.32 Å². The number of carboxylic acids is 1. The van der Waals surface area contributed by atoms with Crippen molar-refractivity contribution in [3.8, 4) is 0 Å². The second-order valence-corrected chi connectivity index (χ2v) is 7.21. The highest BCUT2D eigenvalue weighted by atomic mass is 16.4. The molecular formula is C20H35BN2O4. The fourth-order valence-electron chi connectivity index (χ4n) is 4.03. The number of aliphatic carboxylic acids is 1. The van der Waals surface area contributed by atoms with Crippen molar-refractivity contribution in [3.05, 3.63) is 35.4 Å². The zero-order chi connectivity index (χ0) is 20.2. The van der Waals surface area contributed by atoms with E-state index in [0.717, 1.165) is 25.7 Å². The van der Waals surface area contributed by atoms with Gasteiger partial charge in [-0.25, -0.2) is 0 Å². The lowest BCUT2D eigenvalue weighted by molar-refractivity contribution is -0.143. The van der Waals surface area contributed by atoms with E-state index in [-0.39, 0.29) is 11.8 Å². The van der Waals surface area contributed by atoms with Crippen LogP contribution in [0.5, 0.6) is 0 Å². The molecule has 1 fully saturated rings. The molecule has 27 heavy (non-hydrogen) atoms. The van der Waals surface area contributed by atoms with Crippen molar-refractivity contribution in [2.45, 2.75) is 57.3 Å². The Balaban J connectivity index is 0.000000252. The average molecular weight is 378 g/mol. The van der Waals surface area contributed by atoms with Gasteiger partial charge in [0.15, 0.2) is 0 Å². The van der Waals surface area contributed by atoms with E-state index in [1.807, 2.05) is 7.05 Å². The molecule has 0 aliphatic heterocycles. The summed E-state index contributed by atoms with van der Waals surface area (Å²) in [4.78, 5) is 10.8. The molecule has 0 amide bonds. The number of carboxylic acid groups (broad SMARTS) is 1. The van der Waals surface area contributed by atoms with E-state index in [4.69, 9.17) is 15.2 Å². The molecule has 1 aromatic carbocycles. The maximum absolute atomic E-state index is 10.8. The molecule has 0 heterocycles. The van der Waals surface area contributed by atoms with E-state index in [1.54, 1.807) is 0 Å². The molecule has 2 atom stereocenters. The van der Waals surface area contributed by atoms with Gasteiger partial charge in [0.05, 0.1) is 5.92 Å². The zero-order valence-corrected chi connectivity index (χ0v) is 16.6. The summed E-state index contributed by atoms with van der Waals surface area (Å²) in [5, 5.41) is 29.5. The van der Waals surface area contributed by atoms with Crippen molar-refractivity contribution < 1.29 is 19.9 Å². The van der Waals surface area contributed by atoms with Crippen LogP contribution in [0.4, 0.5) is 0 Å². The first-order valence-electron chi connectivity index (χ1n) is 9.92. The van der Waals surface area contributed by atoms with Crippen molar-refractivity contribution in [1.29, 1.82) is 0 Å². The maximum atomic E-state index is 10.8. The minimum absolute atomic E-state index is 0.203. The van der Waals surface area contributed by atoms with Crippen LogP contribution in [0.3, 0.4) is 0 Å². The molecule has 1 aromatic rings. The van der Waals surface area contributed by atoms with Crippen molar-refractivity contribution >= 4 is 13.1 Å². The Morgan fingerprint density at radius 2 is 1.78 bits per heavy atom. The third-order valence-electron chi connectivity index (χ3n) is 5.47. The number of hydrogen-bond donors (Lipinski definition) is 5. The van der Waals surface area contributed by atoms with Crippen LogP contribution in [-0.4, -0.2) is 48.4 Å². The summed E-state index contributed by atoms with van der Waals surface area (Å²) < 4.78 is 0. The second-order valence-electron chi connectivity index (χ2n) is 7.21. The van der Waals surface area contributed by atoms with Crippen LogP contribution < -0.4 is 11.1 Å². The second kappa shape index (κ2) is 12.9. The third kappa shape index (κ3) is 8.01. The molecule has 0 saturated heterocycles. The Labute approximate surface area is 163 Å². The highest BCUT2D eigenvalue weighted by Crippen LogP contribution is 2.35. The topological polar surface area (TPSA) is 116 Å². The predicted octanol–water partition coefficient (Wildman–Crippen LogP) is 1.69. The summed E-state index contributed by atoms with van der Waals surface area (Å²) >= 11 is 0. The van der Waals surface area contributed by atoms with Crippen LogP contribution in [0.25, 0.3) is 0 Å². The minimum Gasteiger partial charge on any atom is -0.481 e. The smallest absolute Gasteiger partial charge is 0.451 e. The number of rotatable bonds is 6. The number of hydrogen-bond acceptors (Lipinski definition) is 5. The Morgan fingerprint density at radius 3 is 2.26 bits per heavy atom. The highest BCUT2D eigenvalue weighted by molar-refractivity contribution is 6.40. The van der Waals surface area contributed by atoms with Crippen molar-refractivity contribution in [1.82, 2.24) is 5.32 Å². The molecule has 2 aliphatic carbocycles. The van der Waals surface area contributed by atoms with Crippen LogP contribution >= 0.6 is 0 Å². The van der Waals surface area contributed by atoms with Crippen molar-refractivity contribution in [2.75, 3.05) is 14.1 Å². The van der Waals surface area contributed by atoms with Gasteiger partial charge in [0.1, 0.15) is 0 Å². The molecular weight excluding hydrogens is 343 g/mol. The average Bonchev–Trinajstić information content (AvgIpc) is 3.30. The van der Waals surface area contributed by atoms with Gasteiger partial charge in [0.2, 0.25) is 0 Å². The number of likely N-dealkylation sites (N-methyl/N-ethyl adjacent to an activating group) is 1. The summed E-state index contributed by atoms with van der Waals surface area (Å²) in [6.45, 7) is 0. The molecule has 152 valence electrons. The fourth-order valence-corrected chi connectivity index (χ4v) is 4.03. The Morgan fingerprint density at radius 1 is 1.19 bits per heavy atom. The first kappa shape index (κ1) is 23.6. The molecule has 2 unspecified atom stereocenters. The van der Waals surface area contributed by atoms with Gasteiger partial charge in [-0.2, -0.15) is 0 Å². The largest absolute Gasteiger partial charge is 0.481 e. The van der Waals surface area contributed by atoms with E-state index in [0.29, 0.717) is 18.8 Å². The molecule has 7 heteroatoms. The first-order valence-corrected chi connectivity index (χ1v) is 9.92. The van der Waals surface area contributed by atoms with Crippen LogP contribution in [0, 0.1) is 11.8 Å². The Hall–Kier alpha value is -1.41. The number of fused-ring (bicyclic) bond motifs is 1. The molecule has 1 saturated carbocycles. The van der Waals surface area contributed by atoms with Gasteiger partial charge in [-0.3, -0.25) is 4.79 Å². The van der Waals surface area contributed by atoms with Gasteiger partial charge in [-0.05, 0) is 63.1 Å². The Kier molecular flexibility index (Phi) is 11.3.